The maximum atomic E-state index is 12.7. The molecule has 178 valence electrons. The van der Waals surface area contributed by atoms with E-state index >= 15 is 0 Å². The maximum absolute atomic E-state index is 12.7. The molecule has 3 heterocycles. The van der Waals surface area contributed by atoms with Crippen LogP contribution >= 0.6 is 11.6 Å². The maximum Gasteiger partial charge on any atom is 0.251 e. The number of anilines is 2. The van der Waals surface area contributed by atoms with Crippen molar-refractivity contribution >= 4 is 39.8 Å². The van der Waals surface area contributed by atoms with Crippen molar-refractivity contribution in [2.75, 3.05) is 36.8 Å². The van der Waals surface area contributed by atoms with Crippen LogP contribution in [0.25, 0.3) is 10.8 Å². The Balaban J connectivity index is 1.16. The summed E-state index contributed by atoms with van der Waals surface area (Å²) in [6, 6.07) is 17.5. The zero-order valence-corrected chi connectivity index (χ0v) is 20.1. The smallest absolute Gasteiger partial charge is 0.251 e. The fourth-order valence-electron chi connectivity index (χ4n) is 4.42. The molecule has 8 heteroatoms. The highest BCUT2D eigenvalue weighted by atomic mass is 35.5. The first-order chi connectivity index (χ1) is 17.1. The number of amides is 1. The average Bonchev–Trinajstić information content (AvgIpc) is 2.89. The minimum Gasteiger partial charge on any atom is -0.383 e. The zero-order chi connectivity index (χ0) is 24.2. The van der Waals surface area contributed by atoms with Crippen LogP contribution in [0.15, 0.2) is 73.2 Å². The van der Waals surface area contributed by atoms with Crippen LogP contribution in [0.2, 0.25) is 5.02 Å². The van der Waals surface area contributed by atoms with Crippen molar-refractivity contribution in [2.45, 2.75) is 13.1 Å². The molecule has 2 aromatic carbocycles. The second-order valence-corrected chi connectivity index (χ2v) is 9.12. The molecule has 0 spiro atoms. The summed E-state index contributed by atoms with van der Waals surface area (Å²) in [7, 11) is 0. The summed E-state index contributed by atoms with van der Waals surface area (Å²) in [5.41, 5.74) is 9.70. The van der Waals surface area contributed by atoms with Crippen LogP contribution in [0.4, 0.5) is 11.5 Å². The summed E-state index contributed by atoms with van der Waals surface area (Å²) in [5.74, 6) is 0.349. The van der Waals surface area contributed by atoms with E-state index in [4.69, 9.17) is 17.3 Å². The van der Waals surface area contributed by atoms with E-state index in [0.717, 1.165) is 54.6 Å². The summed E-state index contributed by atoms with van der Waals surface area (Å²) in [6.45, 7) is 5.00. The lowest BCUT2D eigenvalue weighted by Crippen LogP contribution is -2.46. The van der Waals surface area contributed by atoms with E-state index in [2.05, 4.69) is 25.1 Å². The molecule has 5 rings (SSSR count). The molecule has 4 aromatic rings. The number of carbonyl (C=O) groups excluding carboxylic acids is 1. The Morgan fingerprint density at radius 2 is 1.77 bits per heavy atom. The lowest BCUT2D eigenvalue weighted by atomic mass is 10.1. The Morgan fingerprint density at radius 3 is 2.54 bits per heavy atom. The molecule has 7 nitrogen and oxygen atoms in total. The number of nitrogen functional groups attached to an aromatic ring is 1. The molecule has 1 aliphatic heterocycles. The van der Waals surface area contributed by atoms with E-state index in [1.807, 2.05) is 60.9 Å². The van der Waals surface area contributed by atoms with Crippen molar-refractivity contribution in [3.05, 3.63) is 94.9 Å². The largest absolute Gasteiger partial charge is 0.383 e. The predicted molar refractivity (Wildman–Crippen MR) is 141 cm³/mol. The number of fused-ring (bicyclic) bond motifs is 1. The molecule has 1 aliphatic rings. The number of benzene rings is 2. The lowest BCUT2D eigenvalue weighted by molar-refractivity contribution is 0.0951. The molecule has 3 N–H and O–H groups in total. The van der Waals surface area contributed by atoms with Gasteiger partial charge in [-0.05, 0) is 52.9 Å². The van der Waals surface area contributed by atoms with E-state index in [1.54, 1.807) is 12.3 Å². The Kier molecular flexibility index (Phi) is 6.79. The molecule has 0 bridgehead atoms. The van der Waals surface area contributed by atoms with Crippen LogP contribution < -0.4 is 16.0 Å². The van der Waals surface area contributed by atoms with Gasteiger partial charge in [0, 0.05) is 79.5 Å². The third kappa shape index (κ3) is 5.37. The van der Waals surface area contributed by atoms with E-state index < -0.39 is 0 Å². The number of pyridine rings is 2. The topological polar surface area (TPSA) is 87.4 Å². The van der Waals surface area contributed by atoms with E-state index in [0.29, 0.717) is 22.9 Å². The van der Waals surface area contributed by atoms with Crippen molar-refractivity contribution in [3.8, 4) is 0 Å². The van der Waals surface area contributed by atoms with Crippen LogP contribution in [0.1, 0.15) is 21.5 Å². The number of nitrogens with one attached hydrogen (secondary N) is 1. The van der Waals surface area contributed by atoms with E-state index in [9.17, 15) is 4.79 Å². The molecular weight excluding hydrogens is 460 g/mol. The lowest BCUT2D eigenvalue weighted by Gasteiger charge is -2.36. The summed E-state index contributed by atoms with van der Waals surface area (Å²) < 4.78 is 0. The van der Waals surface area contributed by atoms with Gasteiger partial charge in [0.1, 0.15) is 5.82 Å². The van der Waals surface area contributed by atoms with Gasteiger partial charge in [-0.3, -0.25) is 14.7 Å². The average molecular weight is 487 g/mol. The van der Waals surface area contributed by atoms with Gasteiger partial charge in [-0.1, -0.05) is 29.8 Å². The molecular formula is C27H27ClN6O. The van der Waals surface area contributed by atoms with Gasteiger partial charge in [0.25, 0.3) is 5.91 Å². The van der Waals surface area contributed by atoms with Crippen molar-refractivity contribution in [1.82, 2.24) is 20.2 Å². The molecule has 0 atom stereocenters. The molecule has 1 amide bonds. The summed E-state index contributed by atoms with van der Waals surface area (Å²) in [6.07, 6.45) is 5.34. The summed E-state index contributed by atoms with van der Waals surface area (Å²) in [5, 5.41) is 5.50. The number of rotatable bonds is 6. The first-order valence-corrected chi connectivity index (χ1v) is 12.0. The molecule has 0 aliphatic carbocycles. The van der Waals surface area contributed by atoms with Crippen LogP contribution in [-0.2, 0) is 13.1 Å². The first-order valence-electron chi connectivity index (χ1n) is 11.6. The van der Waals surface area contributed by atoms with Crippen molar-refractivity contribution in [3.63, 3.8) is 0 Å². The summed E-state index contributed by atoms with van der Waals surface area (Å²) >= 11 is 6.57. The highest BCUT2D eigenvalue weighted by Crippen LogP contribution is 2.23. The Bertz CT molecular complexity index is 1340. The normalized spacial score (nSPS) is 14.3. The highest BCUT2D eigenvalue weighted by molar-refractivity contribution is 6.31. The Labute approximate surface area is 209 Å². The Hall–Kier alpha value is -3.68. The molecule has 0 saturated carbocycles. The van der Waals surface area contributed by atoms with E-state index in [-0.39, 0.29) is 5.91 Å². The number of piperazine rings is 1. The van der Waals surface area contributed by atoms with Crippen molar-refractivity contribution < 1.29 is 4.79 Å². The minimum absolute atomic E-state index is 0.154. The number of nitrogens with two attached hydrogens (primary N) is 1. The van der Waals surface area contributed by atoms with Crippen LogP contribution in [0.3, 0.4) is 0 Å². The second-order valence-electron chi connectivity index (χ2n) is 8.71. The predicted octanol–water partition coefficient (Wildman–Crippen LogP) is 4.12. The van der Waals surface area contributed by atoms with Gasteiger partial charge < -0.3 is 16.0 Å². The standard InChI is InChI=1S/C27H27ClN6O/c28-25-16-21(27(35)32-17-19-1-4-24-20(15-19)5-10-31-26(24)29)2-3-22(25)18-33-11-13-34(14-12-33)23-6-8-30-9-7-23/h1-10,15-16H,11-14,17-18H2,(H2,29,31)(H,32,35). The molecule has 35 heavy (non-hydrogen) atoms. The van der Waals surface area contributed by atoms with Crippen LogP contribution in [0, 0.1) is 0 Å². The number of nitrogens with zero attached hydrogens (tertiary/aromatic N) is 4. The number of hydrogen-bond acceptors (Lipinski definition) is 6. The van der Waals surface area contributed by atoms with Gasteiger partial charge >= 0.3 is 0 Å². The quantitative estimate of drug-likeness (QED) is 0.426. The molecule has 1 saturated heterocycles. The second kappa shape index (κ2) is 10.3. The first kappa shape index (κ1) is 23.1. The Morgan fingerprint density at radius 1 is 0.971 bits per heavy atom. The van der Waals surface area contributed by atoms with E-state index in [1.165, 1.54) is 5.69 Å². The van der Waals surface area contributed by atoms with Crippen molar-refractivity contribution in [2.24, 2.45) is 0 Å². The van der Waals surface area contributed by atoms with Gasteiger partial charge in [0.2, 0.25) is 0 Å². The highest BCUT2D eigenvalue weighted by Gasteiger charge is 2.18. The minimum atomic E-state index is -0.154. The number of hydrogen-bond donors (Lipinski definition) is 2. The van der Waals surface area contributed by atoms with Crippen molar-refractivity contribution in [1.29, 1.82) is 0 Å². The fourth-order valence-corrected chi connectivity index (χ4v) is 4.66. The number of aromatic nitrogens is 2. The third-order valence-electron chi connectivity index (χ3n) is 6.42. The number of carbonyl (C=O) groups is 1. The zero-order valence-electron chi connectivity index (χ0n) is 19.3. The third-order valence-corrected chi connectivity index (χ3v) is 6.77. The van der Waals surface area contributed by atoms with Gasteiger partial charge in [0.05, 0.1) is 0 Å². The molecule has 0 radical (unpaired) electrons. The van der Waals surface area contributed by atoms with Gasteiger partial charge in [-0.25, -0.2) is 4.98 Å². The molecule has 2 aromatic heterocycles. The van der Waals surface area contributed by atoms with Gasteiger partial charge in [0.15, 0.2) is 0 Å². The molecule has 0 unspecified atom stereocenters. The van der Waals surface area contributed by atoms with Crippen LogP contribution in [0.5, 0.6) is 0 Å². The van der Waals surface area contributed by atoms with Gasteiger partial charge in [-0.2, -0.15) is 0 Å². The monoisotopic (exact) mass is 486 g/mol. The van der Waals surface area contributed by atoms with Gasteiger partial charge in [-0.15, -0.1) is 0 Å². The molecule has 1 fully saturated rings. The SMILES string of the molecule is Nc1nccc2cc(CNC(=O)c3ccc(CN4CCN(c5ccncc5)CC4)c(Cl)c3)ccc12. The van der Waals surface area contributed by atoms with Crippen LogP contribution in [-0.4, -0.2) is 47.0 Å². The fraction of sp³-hybridized carbons (Fsp3) is 0.222. The summed E-state index contributed by atoms with van der Waals surface area (Å²) in [4.78, 5) is 25.7. The number of halogens is 1.